The monoisotopic (exact) mass is 388 g/mol. The zero-order valence-corrected chi connectivity index (χ0v) is 17.4. The van der Waals surface area contributed by atoms with Crippen molar-refractivity contribution in [1.82, 2.24) is 4.90 Å². The zero-order chi connectivity index (χ0) is 19.9. The summed E-state index contributed by atoms with van der Waals surface area (Å²) in [7, 11) is 0. The van der Waals surface area contributed by atoms with Crippen molar-refractivity contribution in [3.8, 4) is 0 Å². The molecule has 2 aliphatic rings. The molecule has 3 rings (SSSR count). The summed E-state index contributed by atoms with van der Waals surface area (Å²) in [6.07, 6.45) is 3.18. The fraction of sp³-hybridized carbons (Fsp3) is 0.636. The van der Waals surface area contributed by atoms with Gasteiger partial charge < -0.3 is 20.0 Å². The molecule has 0 radical (unpaired) electrons. The van der Waals surface area contributed by atoms with Crippen molar-refractivity contribution in [2.75, 3.05) is 57.7 Å². The molecule has 2 saturated heterocycles. The summed E-state index contributed by atoms with van der Waals surface area (Å²) in [5, 5.41) is 3.07. The van der Waals surface area contributed by atoms with Crippen LogP contribution in [-0.4, -0.2) is 69.1 Å². The van der Waals surface area contributed by atoms with Gasteiger partial charge in [0.25, 0.3) is 11.8 Å². The lowest BCUT2D eigenvalue weighted by Crippen LogP contribution is -3.28. The lowest BCUT2D eigenvalue weighted by Gasteiger charge is -2.33. The second kappa shape index (κ2) is 10.0. The number of aryl methyl sites for hydroxylation is 1. The molecule has 0 unspecified atom stereocenters. The van der Waals surface area contributed by atoms with Gasteiger partial charge in [0.15, 0.2) is 13.1 Å². The summed E-state index contributed by atoms with van der Waals surface area (Å²) in [6.45, 7) is 11.1. The van der Waals surface area contributed by atoms with Gasteiger partial charge in [0, 0.05) is 18.8 Å². The van der Waals surface area contributed by atoms with E-state index in [2.05, 4.69) is 25.2 Å². The second-order valence-corrected chi connectivity index (χ2v) is 8.48. The number of benzene rings is 1. The van der Waals surface area contributed by atoms with Crippen molar-refractivity contribution < 1.29 is 19.4 Å². The third-order valence-electron chi connectivity index (χ3n) is 6.28. The van der Waals surface area contributed by atoms with E-state index < -0.39 is 0 Å². The number of carbonyl (C=O) groups excluding carboxylic acids is 2. The number of anilines is 1. The van der Waals surface area contributed by atoms with E-state index in [9.17, 15) is 9.59 Å². The van der Waals surface area contributed by atoms with Gasteiger partial charge >= 0.3 is 0 Å². The number of piperidine rings is 1. The first-order valence-corrected chi connectivity index (χ1v) is 10.9. The smallest absolute Gasteiger partial charge is 0.279 e. The van der Waals surface area contributed by atoms with Gasteiger partial charge in [-0.15, -0.1) is 0 Å². The minimum atomic E-state index is 0.0814. The number of para-hydroxylation sites is 1. The minimum absolute atomic E-state index is 0.0814. The molecule has 0 aliphatic carbocycles. The fourth-order valence-electron chi connectivity index (χ4n) is 4.27. The van der Waals surface area contributed by atoms with Gasteiger partial charge in [0.05, 0.1) is 0 Å². The first-order chi connectivity index (χ1) is 13.5. The highest BCUT2D eigenvalue weighted by molar-refractivity contribution is 5.92. The Balaban J connectivity index is 1.39. The number of carbonyl (C=O) groups is 2. The van der Waals surface area contributed by atoms with E-state index in [0.717, 1.165) is 70.1 Å². The number of hydrogen-bond acceptors (Lipinski definition) is 2. The Hall–Kier alpha value is -1.92. The Labute approximate surface area is 168 Å². The van der Waals surface area contributed by atoms with Crippen LogP contribution in [0.1, 0.15) is 32.3 Å². The van der Waals surface area contributed by atoms with Crippen LogP contribution in [0.25, 0.3) is 0 Å². The van der Waals surface area contributed by atoms with E-state index in [0.29, 0.717) is 19.0 Å². The van der Waals surface area contributed by atoms with Crippen LogP contribution in [0.5, 0.6) is 0 Å². The number of piperazine rings is 1. The SMILES string of the molecule is CCc1ccccc1NC(=O)C[NH+]1CC[NH+](CC(=O)N2CCC(C)CC2)CC1. The lowest BCUT2D eigenvalue weighted by molar-refractivity contribution is -1.00. The lowest BCUT2D eigenvalue weighted by atomic mass is 9.99. The predicted octanol–water partition coefficient (Wildman–Crippen LogP) is -0.771. The number of hydrogen-bond donors (Lipinski definition) is 3. The van der Waals surface area contributed by atoms with Crippen LogP contribution in [0.3, 0.4) is 0 Å². The van der Waals surface area contributed by atoms with Crippen LogP contribution in [0.15, 0.2) is 24.3 Å². The number of nitrogens with one attached hydrogen (secondary N) is 3. The standard InChI is InChI=1S/C22H34N4O2/c1-3-19-6-4-5-7-20(19)23-21(27)16-24-12-14-25(15-13-24)17-22(28)26-10-8-18(2)9-11-26/h4-7,18H,3,8-17H2,1-2H3,(H,23,27)/p+2. The molecule has 2 fully saturated rings. The molecule has 0 atom stereocenters. The molecule has 0 spiro atoms. The maximum absolute atomic E-state index is 12.5. The zero-order valence-electron chi connectivity index (χ0n) is 17.4. The molecular weight excluding hydrogens is 352 g/mol. The van der Waals surface area contributed by atoms with Crippen LogP contribution >= 0.6 is 0 Å². The average Bonchev–Trinajstić information content (AvgIpc) is 2.70. The topological polar surface area (TPSA) is 58.3 Å². The molecule has 6 heteroatoms. The Kier molecular flexibility index (Phi) is 7.45. The third kappa shape index (κ3) is 5.79. The maximum atomic E-state index is 12.5. The first kappa shape index (κ1) is 20.8. The third-order valence-corrected chi connectivity index (χ3v) is 6.28. The van der Waals surface area contributed by atoms with Gasteiger partial charge in [-0.05, 0) is 36.8 Å². The van der Waals surface area contributed by atoms with Gasteiger partial charge in [-0.25, -0.2) is 0 Å². The molecule has 3 N–H and O–H groups in total. The summed E-state index contributed by atoms with van der Waals surface area (Å²) in [4.78, 5) is 29.7. The van der Waals surface area contributed by atoms with Gasteiger partial charge in [-0.2, -0.15) is 0 Å². The Morgan fingerprint density at radius 2 is 1.64 bits per heavy atom. The Bertz CT molecular complexity index is 662. The molecule has 6 nitrogen and oxygen atoms in total. The number of nitrogens with zero attached hydrogens (tertiary/aromatic N) is 1. The van der Waals surface area contributed by atoms with E-state index >= 15 is 0 Å². The van der Waals surface area contributed by atoms with Gasteiger partial charge in [0.1, 0.15) is 26.2 Å². The van der Waals surface area contributed by atoms with Gasteiger partial charge in [0.2, 0.25) is 0 Å². The molecule has 2 aliphatic heterocycles. The summed E-state index contributed by atoms with van der Waals surface area (Å²) in [5.74, 6) is 1.14. The van der Waals surface area contributed by atoms with E-state index in [1.165, 1.54) is 15.4 Å². The van der Waals surface area contributed by atoms with Gasteiger partial charge in [-0.3, -0.25) is 9.59 Å². The number of rotatable bonds is 6. The molecule has 2 heterocycles. The summed E-state index contributed by atoms with van der Waals surface area (Å²) >= 11 is 0. The number of amides is 2. The molecule has 154 valence electrons. The molecule has 0 saturated carbocycles. The molecule has 2 amide bonds. The highest BCUT2D eigenvalue weighted by Gasteiger charge is 2.29. The number of quaternary nitrogens is 2. The molecule has 0 aromatic heterocycles. The molecule has 1 aromatic carbocycles. The van der Waals surface area contributed by atoms with Crippen LogP contribution < -0.4 is 15.1 Å². The van der Waals surface area contributed by atoms with Crippen LogP contribution in [0, 0.1) is 5.92 Å². The average molecular weight is 389 g/mol. The maximum Gasteiger partial charge on any atom is 0.279 e. The quantitative estimate of drug-likeness (QED) is 0.599. The molecule has 0 bridgehead atoms. The van der Waals surface area contributed by atoms with E-state index in [-0.39, 0.29) is 5.91 Å². The summed E-state index contributed by atoms with van der Waals surface area (Å²) in [6, 6.07) is 8.00. The van der Waals surface area contributed by atoms with E-state index in [4.69, 9.17) is 0 Å². The second-order valence-electron chi connectivity index (χ2n) is 8.48. The van der Waals surface area contributed by atoms with Crippen molar-refractivity contribution in [2.24, 2.45) is 5.92 Å². The van der Waals surface area contributed by atoms with Crippen molar-refractivity contribution in [1.29, 1.82) is 0 Å². The molecular formula is C22H36N4O2+2. The number of likely N-dealkylation sites (tertiary alicyclic amines) is 1. The van der Waals surface area contributed by atoms with Gasteiger partial charge in [-0.1, -0.05) is 32.0 Å². The summed E-state index contributed by atoms with van der Waals surface area (Å²) < 4.78 is 0. The summed E-state index contributed by atoms with van der Waals surface area (Å²) in [5.41, 5.74) is 2.10. The van der Waals surface area contributed by atoms with Crippen molar-refractivity contribution in [3.05, 3.63) is 29.8 Å². The van der Waals surface area contributed by atoms with Crippen molar-refractivity contribution in [3.63, 3.8) is 0 Å². The largest absolute Gasteiger partial charge is 0.338 e. The Morgan fingerprint density at radius 1 is 1.04 bits per heavy atom. The molecule has 1 aromatic rings. The van der Waals surface area contributed by atoms with Crippen molar-refractivity contribution >= 4 is 17.5 Å². The van der Waals surface area contributed by atoms with E-state index in [1.807, 2.05) is 23.1 Å². The Morgan fingerprint density at radius 3 is 2.29 bits per heavy atom. The van der Waals surface area contributed by atoms with Crippen LogP contribution in [-0.2, 0) is 16.0 Å². The minimum Gasteiger partial charge on any atom is -0.338 e. The first-order valence-electron chi connectivity index (χ1n) is 10.9. The normalized spacial score (nSPS) is 23.4. The fourth-order valence-corrected chi connectivity index (χ4v) is 4.27. The van der Waals surface area contributed by atoms with Crippen LogP contribution in [0.2, 0.25) is 0 Å². The van der Waals surface area contributed by atoms with Crippen molar-refractivity contribution in [2.45, 2.75) is 33.1 Å². The van der Waals surface area contributed by atoms with E-state index in [1.54, 1.807) is 0 Å². The highest BCUT2D eigenvalue weighted by atomic mass is 16.2. The highest BCUT2D eigenvalue weighted by Crippen LogP contribution is 2.16. The van der Waals surface area contributed by atoms with Crippen LogP contribution in [0.4, 0.5) is 5.69 Å². The predicted molar refractivity (Wildman–Crippen MR) is 111 cm³/mol. The molecule has 28 heavy (non-hydrogen) atoms.